The Bertz CT molecular complexity index is 1200. The van der Waals surface area contributed by atoms with Crippen LogP contribution < -0.4 is 16.4 Å². The number of ether oxygens (including phenoxy) is 2. The molecule has 9 heteroatoms. The number of esters is 1. The first-order valence-corrected chi connectivity index (χ1v) is 11.9. The van der Waals surface area contributed by atoms with Gasteiger partial charge in [-0.1, -0.05) is 78.9 Å². The van der Waals surface area contributed by atoms with E-state index in [4.69, 9.17) is 15.2 Å². The Morgan fingerprint density at radius 3 is 2.08 bits per heavy atom. The average molecular weight is 504 g/mol. The van der Waals surface area contributed by atoms with Gasteiger partial charge in [0.1, 0.15) is 19.3 Å². The molecule has 3 aromatic rings. The number of alkyl carbamates (subject to hydrolysis) is 1. The number of amides is 2. The maximum absolute atomic E-state index is 12.4. The highest BCUT2D eigenvalue weighted by atomic mass is 16.5. The highest BCUT2D eigenvalue weighted by Gasteiger charge is 2.29. The van der Waals surface area contributed by atoms with Crippen molar-refractivity contribution in [2.45, 2.75) is 24.6 Å². The molecule has 0 heterocycles. The number of rotatable bonds is 10. The molecule has 1 aliphatic rings. The molecule has 9 nitrogen and oxygen atoms in total. The molecule has 0 saturated heterocycles. The first-order chi connectivity index (χ1) is 18.0. The Hall–Kier alpha value is -4.21. The van der Waals surface area contributed by atoms with Crippen molar-refractivity contribution in [3.8, 4) is 11.1 Å². The quantitative estimate of drug-likeness (QED) is 0.311. The van der Waals surface area contributed by atoms with E-state index in [9.17, 15) is 19.5 Å². The van der Waals surface area contributed by atoms with Gasteiger partial charge < -0.3 is 30.9 Å². The molecule has 0 aliphatic heterocycles. The molecule has 2 atom stereocenters. The first kappa shape index (κ1) is 25.9. The van der Waals surface area contributed by atoms with Crippen molar-refractivity contribution in [2.24, 2.45) is 5.73 Å². The van der Waals surface area contributed by atoms with Crippen LogP contribution in [0.25, 0.3) is 11.1 Å². The van der Waals surface area contributed by atoms with Crippen LogP contribution in [0, 0.1) is 0 Å². The summed E-state index contributed by atoms with van der Waals surface area (Å²) in [5, 5.41) is 14.3. The number of nitrogens with two attached hydrogens (primary N) is 1. The van der Waals surface area contributed by atoms with Crippen LogP contribution in [0.2, 0.25) is 0 Å². The average Bonchev–Trinajstić information content (AvgIpc) is 3.26. The molecule has 0 bridgehead atoms. The summed E-state index contributed by atoms with van der Waals surface area (Å²) in [4.78, 5) is 37.0. The van der Waals surface area contributed by atoms with E-state index in [2.05, 4.69) is 10.6 Å². The Morgan fingerprint density at radius 1 is 0.865 bits per heavy atom. The summed E-state index contributed by atoms with van der Waals surface area (Å²) < 4.78 is 10.6. The summed E-state index contributed by atoms with van der Waals surface area (Å²) in [6.07, 6.45) is -0.717. The summed E-state index contributed by atoms with van der Waals surface area (Å²) in [6.45, 7) is -0.756. The number of aliphatic hydroxyl groups is 1. The zero-order valence-electron chi connectivity index (χ0n) is 20.1. The molecule has 0 saturated carbocycles. The van der Waals surface area contributed by atoms with Crippen LogP contribution in [0.5, 0.6) is 0 Å². The zero-order chi connectivity index (χ0) is 26.2. The minimum absolute atomic E-state index is 0.00143. The monoisotopic (exact) mass is 503 g/mol. The van der Waals surface area contributed by atoms with Gasteiger partial charge in [-0.2, -0.15) is 0 Å². The third-order valence-electron chi connectivity index (χ3n) is 6.15. The van der Waals surface area contributed by atoms with Crippen LogP contribution in [0.4, 0.5) is 4.79 Å². The molecular formula is C28H29N3O6. The topological polar surface area (TPSA) is 140 Å². The molecule has 5 N–H and O–H groups in total. The van der Waals surface area contributed by atoms with Crippen molar-refractivity contribution in [1.29, 1.82) is 0 Å². The second-order valence-corrected chi connectivity index (χ2v) is 8.65. The molecule has 192 valence electrons. The van der Waals surface area contributed by atoms with Crippen LogP contribution >= 0.6 is 0 Å². The number of benzene rings is 3. The molecule has 0 radical (unpaired) electrons. The predicted octanol–water partition coefficient (Wildman–Crippen LogP) is 2.07. The SMILES string of the molecule is NC(CNC(=O)OCC1c2ccccc2-c2ccccc21)C(=O)NC(CO)C(=O)OCc1ccccc1. The van der Waals surface area contributed by atoms with E-state index >= 15 is 0 Å². The molecule has 37 heavy (non-hydrogen) atoms. The Kier molecular flexibility index (Phi) is 8.50. The van der Waals surface area contributed by atoms with Gasteiger partial charge in [-0.15, -0.1) is 0 Å². The minimum Gasteiger partial charge on any atom is -0.459 e. The lowest BCUT2D eigenvalue weighted by Gasteiger charge is -2.19. The molecule has 4 rings (SSSR count). The van der Waals surface area contributed by atoms with Crippen LogP contribution in [-0.2, 0) is 25.7 Å². The van der Waals surface area contributed by atoms with Crippen molar-refractivity contribution < 1.29 is 29.0 Å². The van der Waals surface area contributed by atoms with E-state index in [1.54, 1.807) is 24.3 Å². The van der Waals surface area contributed by atoms with Gasteiger partial charge in [0, 0.05) is 12.5 Å². The van der Waals surface area contributed by atoms with Crippen LogP contribution in [0.3, 0.4) is 0 Å². The molecule has 0 fully saturated rings. The number of nitrogens with one attached hydrogen (secondary N) is 2. The Balaban J connectivity index is 1.23. The summed E-state index contributed by atoms with van der Waals surface area (Å²) in [6, 6.07) is 22.5. The van der Waals surface area contributed by atoms with Gasteiger partial charge >= 0.3 is 12.1 Å². The number of hydrogen-bond acceptors (Lipinski definition) is 7. The van der Waals surface area contributed by atoms with Crippen molar-refractivity contribution in [1.82, 2.24) is 10.6 Å². The molecule has 1 aliphatic carbocycles. The standard InChI is InChI=1S/C28H29N3O6/c29-24(26(33)31-25(15-32)27(34)36-16-18-8-2-1-3-9-18)14-30-28(35)37-17-23-21-12-6-4-10-19(21)20-11-5-7-13-22(20)23/h1-13,23-25,32H,14-17,29H2,(H,30,35)(H,31,33). The molecule has 3 aromatic carbocycles. The van der Waals surface area contributed by atoms with Crippen molar-refractivity contribution in [3.63, 3.8) is 0 Å². The number of hydrogen-bond donors (Lipinski definition) is 4. The van der Waals surface area contributed by atoms with Gasteiger partial charge in [-0.25, -0.2) is 9.59 Å². The van der Waals surface area contributed by atoms with Gasteiger partial charge in [-0.3, -0.25) is 4.79 Å². The lowest BCUT2D eigenvalue weighted by molar-refractivity contribution is -0.150. The van der Waals surface area contributed by atoms with Crippen LogP contribution in [-0.4, -0.2) is 54.9 Å². The predicted molar refractivity (Wildman–Crippen MR) is 136 cm³/mol. The Morgan fingerprint density at radius 2 is 1.46 bits per heavy atom. The third-order valence-corrected chi connectivity index (χ3v) is 6.15. The molecule has 2 unspecified atom stereocenters. The number of aliphatic hydroxyl groups excluding tert-OH is 1. The van der Waals surface area contributed by atoms with E-state index in [-0.39, 0.29) is 25.7 Å². The van der Waals surface area contributed by atoms with Gasteiger partial charge in [0.25, 0.3) is 0 Å². The van der Waals surface area contributed by atoms with Crippen molar-refractivity contribution in [2.75, 3.05) is 19.8 Å². The van der Waals surface area contributed by atoms with E-state index in [1.807, 2.05) is 54.6 Å². The minimum atomic E-state index is -1.28. The van der Waals surface area contributed by atoms with E-state index in [0.717, 1.165) is 27.8 Å². The number of carbonyl (C=O) groups is 3. The van der Waals surface area contributed by atoms with Crippen LogP contribution in [0.15, 0.2) is 78.9 Å². The molecular weight excluding hydrogens is 474 g/mol. The van der Waals surface area contributed by atoms with E-state index < -0.39 is 36.7 Å². The van der Waals surface area contributed by atoms with E-state index in [0.29, 0.717) is 0 Å². The largest absolute Gasteiger partial charge is 0.459 e. The normalized spacial score (nSPS) is 13.6. The first-order valence-electron chi connectivity index (χ1n) is 11.9. The summed E-state index contributed by atoms with van der Waals surface area (Å²) in [7, 11) is 0. The second kappa shape index (κ2) is 12.2. The maximum Gasteiger partial charge on any atom is 0.407 e. The fraction of sp³-hybridized carbons (Fsp3) is 0.250. The van der Waals surface area contributed by atoms with Crippen molar-refractivity contribution >= 4 is 18.0 Å². The molecule has 0 aromatic heterocycles. The maximum atomic E-state index is 12.4. The third kappa shape index (κ3) is 6.32. The van der Waals surface area contributed by atoms with Crippen molar-refractivity contribution in [3.05, 3.63) is 95.6 Å². The molecule has 0 spiro atoms. The lowest BCUT2D eigenvalue weighted by Crippen LogP contribution is -2.53. The highest BCUT2D eigenvalue weighted by Crippen LogP contribution is 2.44. The van der Waals surface area contributed by atoms with E-state index in [1.165, 1.54) is 0 Å². The zero-order valence-corrected chi connectivity index (χ0v) is 20.1. The molecule has 2 amide bonds. The highest BCUT2D eigenvalue weighted by molar-refractivity contribution is 5.88. The number of carbonyl (C=O) groups excluding carboxylic acids is 3. The summed E-state index contributed by atoms with van der Waals surface area (Å²) in [5.74, 6) is -1.62. The summed E-state index contributed by atoms with van der Waals surface area (Å²) in [5.41, 5.74) is 11.0. The fourth-order valence-corrected chi connectivity index (χ4v) is 4.22. The van der Waals surface area contributed by atoms with Gasteiger partial charge in [0.05, 0.1) is 6.61 Å². The van der Waals surface area contributed by atoms with Gasteiger partial charge in [-0.05, 0) is 27.8 Å². The summed E-state index contributed by atoms with van der Waals surface area (Å²) >= 11 is 0. The smallest absolute Gasteiger partial charge is 0.407 e. The van der Waals surface area contributed by atoms with Crippen LogP contribution in [0.1, 0.15) is 22.6 Å². The number of fused-ring (bicyclic) bond motifs is 3. The fourth-order valence-electron chi connectivity index (χ4n) is 4.22. The lowest BCUT2D eigenvalue weighted by atomic mass is 9.98. The Labute approximate surface area is 214 Å². The second-order valence-electron chi connectivity index (χ2n) is 8.65. The van der Waals surface area contributed by atoms with Gasteiger partial charge in [0.15, 0.2) is 6.04 Å². The van der Waals surface area contributed by atoms with Gasteiger partial charge in [0.2, 0.25) is 5.91 Å².